The molecule has 2 aromatic rings. The van der Waals surface area contributed by atoms with Gasteiger partial charge in [-0.3, -0.25) is 4.79 Å². The summed E-state index contributed by atoms with van der Waals surface area (Å²) < 4.78 is 22.7. The van der Waals surface area contributed by atoms with Crippen LogP contribution in [-0.2, 0) is 28.5 Å². The van der Waals surface area contributed by atoms with E-state index in [1.165, 1.54) is 26.0 Å². The molecular weight excluding hydrogens is 690 g/mol. The van der Waals surface area contributed by atoms with Gasteiger partial charge in [-0.05, 0) is 49.6 Å². The smallest absolute Gasteiger partial charge is 0.407 e. The van der Waals surface area contributed by atoms with Gasteiger partial charge in [-0.2, -0.15) is 0 Å². The van der Waals surface area contributed by atoms with Gasteiger partial charge in [-0.15, -0.1) is 0 Å². The summed E-state index contributed by atoms with van der Waals surface area (Å²) in [4.78, 5) is 54.8. The van der Waals surface area contributed by atoms with Gasteiger partial charge in [0.15, 0.2) is 11.9 Å². The van der Waals surface area contributed by atoms with Crippen LogP contribution in [0.1, 0.15) is 69.4 Å². The van der Waals surface area contributed by atoms with Crippen molar-refractivity contribution in [2.45, 2.75) is 101 Å². The van der Waals surface area contributed by atoms with Crippen LogP contribution in [-0.4, -0.2) is 110 Å². The van der Waals surface area contributed by atoms with Crippen LogP contribution in [0.15, 0.2) is 71.8 Å². The summed E-state index contributed by atoms with van der Waals surface area (Å²) in [5, 5.41) is 62.9. The first-order valence-electron chi connectivity index (χ1n) is 17.7. The molecule has 2 bridgehead atoms. The first kappa shape index (κ1) is 38.5. The lowest BCUT2D eigenvalue weighted by molar-refractivity contribution is -0.343. The molecule has 4 aliphatic rings. The number of benzene rings is 2. The Morgan fingerprint density at radius 3 is 2.19 bits per heavy atom. The normalized spacial score (nSPS) is 35.5. The van der Waals surface area contributed by atoms with Crippen molar-refractivity contribution in [1.29, 1.82) is 0 Å². The number of rotatable bonds is 8. The van der Waals surface area contributed by atoms with Crippen LogP contribution in [0.4, 0.5) is 4.79 Å². The molecule has 1 aliphatic heterocycles. The molecule has 3 fully saturated rings. The molecule has 0 aromatic heterocycles. The average Bonchev–Trinajstić information content (AvgIpc) is 3.13. The van der Waals surface area contributed by atoms with Gasteiger partial charge in [0.1, 0.15) is 29.5 Å². The molecule has 1 heterocycles. The van der Waals surface area contributed by atoms with Gasteiger partial charge in [0.05, 0.1) is 42.4 Å². The largest absolute Gasteiger partial charge is 0.456 e. The quantitative estimate of drug-likeness (QED) is 0.130. The van der Waals surface area contributed by atoms with E-state index in [4.69, 9.17) is 18.9 Å². The third kappa shape index (κ3) is 6.05. The molecule has 1 saturated heterocycles. The molecule has 14 nitrogen and oxygen atoms in total. The number of nitrogens with one attached hydrogen (secondary N) is 1. The van der Waals surface area contributed by atoms with Crippen LogP contribution >= 0.6 is 0 Å². The topological polar surface area (TPSA) is 218 Å². The number of ketones is 1. The minimum Gasteiger partial charge on any atom is -0.456 e. The van der Waals surface area contributed by atoms with Crippen molar-refractivity contribution in [3.8, 4) is 0 Å². The van der Waals surface area contributed by atoms with E-state index in [-0.39, 0.29) is 36.3 Å². The number of Topliss-reactive ketones (excluding diaryl/α,β-unsaturated/α-hetero) is 1. The Balaban J connectivity index is 1.46. The molecule has 0 spiro atoms. The molecule has 53 heavy (non-hydrogen) atoms. The Kier molecular flexibility index (Phi) is 10.1. The highest BCUT2D eigenvalue weighted by molar-refractivity contribution is 5.94. The number of carbonyl (C=O) groups is 4. The van der Waals surface area contributed by atoms with Gasteiger partial charge in [0.25, 0.3) is 0 Å². The molecule has 2 saturated carbocycles. The van der Waals surface area contributed by atoms with Gasteiger partial charge in [-0.25, -0.2) is 14.4 Å². The summed E-state index contributed by atoms with van der Waals surface area (Å²) in [5.41, 5.74) is -7.16. The highest BCUT2D eigenvalue weighted by Gasteiger charge is 2.76. The maximum absolute atomic E-state index is 14.6. The number of hydrogen-bond acceptors (Lipinski definition) is 13. The van der Waals surface area contributed by atoms with E-state index >= 15 is 0 Å². The lowest BCUT2D eigenvalue weighted by Gasteiger charge is -2.66. The van der Waals surface area contributed by atoms with E-state index in [1.807, 2.05) is 0 Å². The van der Waals surface area contributed by atoms with Crippen LogP contribution in [0.3, 0.4) is 0 Å². The summed E-state index contributed by atoms with van der Waals surface area (Å²) in [6, 6.07) is 14.7. The number of carbonyl (C=O) groups excluding carboxylic acids is 4. The molecule has 10 unspecified atom stereocenters. The minimum atomic E-state index is -2.30. The van der Waals surface area contributed by atoms with Crippen LogP contribution in [0.2, 0.25) is 0 Å². The van der Waals surface area contributed by atoms with E-state index in [2.05, 4.69) is 5.32 Å². The fraction of sp³-hybridized carbons (Fsp3) is 0.538. The first-order valence-corrected chi connectivity index (χ1v) is 17.7. The number of aliphatic hydroxyl groups is 5. The molecule has 1 amide bonds. The van der Waals surface area contributed by atoms with Crippen molar-refractivity contribution in [2.24, 2.45) is 16.7 Å². The zero-order valence-corrected chi connectivity index (χ0v) is 30.2. The van der Waals surface area contributed by atoms with Crippen molar-refractivity contribution < 1.29 is 63.7 Å². The van der Waals surface area contributed by atoms with Gasteiger partial charge in [-0.1, -0.05) is 62.4 Å². The Morgan fingerprint density at radius 1 is 0.981 bits per heavy atom. The molecule has 14 heteroatoms. The van der Waals surface area contributed by atoms with Gasteiger partial charge >= 0.3 is 18.0 Å². The van der Waals surface area contributed by atoms with E-state index in [0.717, 1.165) is 0 Å². The maximum atomic E-state index is 14.6. The monoisotopic (exact) mass is 737 g/mol. The first-order chi connectivity index (χ1) is 24.9. The molecule has 0 radical (unpaired) electrons. The Morgan fingerprint density at radius 2 is 1.60 bits per heavy atom. The number of esters is 2. The second kappa shape index (κ2) is 13.9. The molecule has 11 atom stereocenters. The van der Waals surface area contributed by atoms with Gasteiger partial charge in [0, 0.05) is 24.2 Å². The predicted molar refractivity (Wildman–Crippen MR) is 185 cm³/mol. The number of amides is 1. The van der Waals surface area contributed by atoms with Crippen LogP contribution < -0.4 is 5.32 Å². The van der Waals surface area contributed by atoms with E-state index < -0.39 is 101 Å². The van der Waals surface area contributed by atoms with Crippen LogP contribution in [0.25, 0.3) is 0 Å². The lowest BCUT2D eigenvalue weighted by atomic mass is 9.44. The Labute approximate surface area is 306 Å². The maximum Gasteiger partial charge on any atom is 0.407 e. The summed E-state index contributed by atoms with van der Waals surface area (Å²) >= 11 is 0. The summed E-state index contributed by atoms with van der Waals surface area (Å²) in [7, 11) is 0. The third-order valence-electron chi connectivity index (χ3n) is 12.1. The predicted octanol–water partition coefficient (Wildman–Crippen LogP) is 1.91. The lowest BCUT2D eigenvalue weighted by Crippen LogP contribution is -2.81. The zero-order valence-electron chi connectivity index (χ0n) is 30.2. The van der Waals surface area contributed by atoms with Crippen molar-refractivity contribution in [1.82, 2.24) is 5.32 Å². The van der Waals surface area contributed by atoms with E-state index in [9.17, 15) is 44.7 Å². The number of ether oxygens (including phenoxy) is 4. The summed E-state index contributed by atoms with van der Waals surface area (Å²) in [6.07, 6.45) is -11.2. The summed E-state index contributed by atoms with van der Waals surface area (Å²) in [5.74, 6) is -4.53. The number of alkyl carbamates (subject to hydrolysis) is 1. The molecule has 6 rings (SSSR count). The van der Waals surface area contributed by atoms with E-state index in [0.29, 0.717) is 5.56 Å². The molecule has 6 N–H and O–H groups in total. The van der Waals surface area contributed by atoms with Crippen molar-refractivity contribution in [2.75, 3.05) is 13.2 Å². The Bertz CT molecular complexity index is 1780. The van der Waals surface area contributed by atoms with Gasteiger partial charge in [0.2, 0.25) is 0 Å². The third-order valence-corrected chi connectivity index (χ3v) is 12.1. The Hall–Kier alpha value is -4.18. The van der Waals surface area contributed by atoms with Crippen molar-refractivity contribution in [3.05, 3.63) is 82.9 Å². The number of fused-ring (bicyclic) bond motifs is 5. The SMILES string of the molecule is CCOC(=O)NC(c1ccccc1)C(O)C(=O)OC1CC2(O)C(OC(=O)c3ccccc3)C3C4(O)COC4CC(O)[C@@]3(C)C(=O)C(O)C(=C1C)C2(C)C. The number of hydrogen-bond donors (Lipinski definition) is 6. The highest BCUT2D eigenvalue weighted by atomic mass is 16.6. The second-order valence-corrected chi connectivity index (χ2v) is 15.2. The fourth-order valence-corrected chi connectivity index (χ4v) is 9.03. The van der Waals surface area contributed by atoms with Crippen LogP contribution in [0, 0.1) is 16.7 Å². The zero-order chi connectivity index (χ0) is 38.7. The second-order valence-electron chi connectivity index (χ2n) is 15.2. The standard InChI is InChI=1S/C39H47NO13/c1-6-50-35(47)40-27(21-13-9-7-10-14-21)29(43)34(46)52-23-18-39(49)32(53-33(45)22-15-11-8-12-16-22)30-37(5,24(41)17-25-38(30,48)19-51-25)31(44)28(42)26(20(23)2)36(39,3)4/h7-16,23-25,27-30,32,41-43,48-49H,6,17-19H2,1-5H3,(H,40,47)/t23?,24?,25?,27?,28?,29?,30?,32?,37-,38?,39?/m1/s1. The molecule has 3 aliphatic carbocycles. The highest BCUT2D eigenvalue weighted by Crippen LogP contribution is 2.63. The summed E-state index contributed by atoms with van der Waals surface area (Å²) in [6.45, 7) is 7.28. The van der Waals surface area contributed by atoms with E-state index in [1.54, 1.807) is 69.3 Å². The minimum absolute atomic E-state index is 0.0210. The fourth-order valence-electron chi connectivity index (χ4n) is 9.03. The number of aliphatic hydroxyl groups excluding tert-OH is 3. The van der Waals surface area contributed by atoms with Gasteiger partial charge < -0.3 is 49.8 Å². The van der Waals surface area contributed by atoms with Crippen molar-refractivity contribution >= 4 is 23.8 Å². The molecular formula is C39H47NO13. The van der Waals surface area contributed by atoms with Crippen molar-refractivity contribution in [3.63, 3.8) is 0 Å². The average molecular weight is 738 g/mol. The molecule has 286 valence electrons. The molecule has 2 aromatic carbocycles. The van der Waals surface area contributed by atoms with Crippen LogP contribution in [0.5, 0.6) is 0 Å².